The standard InChI is InChI=1S/C29H37N3O4/c1-19-17-32(20(2)16-30(19)18-21-11-12-21)27(23-7-4-9-25(33)15-23)22-6-3-8-24(14-22)28(34)31-13-5-10-26(31)29(35)36/h3-4,6-9,14-15,19-21,26-27,33H,5,10-13,16-18H2,1-2H3,(H,35,36)/t19-,20+,26?,27-/m1/s1. The van der Waals surface area contributed by atoms with Crippen LogP contribution in [-0.4, -0.2) is 81.1 Å². The summed E-state index contributed by atoms with van der Waals surface area (Å²) in [5.74, 6) is -0.108. The Morgan fingerprint density at radius 1 is 0.972 bits per heavy atom. The Balaban J connectivity index is 1.47. The number of nitrogens with zero attached hydrogens (tertiary/aromatic N) is 3. The van der Waals surface area contributed by atoms with E-state index in [-0.39, 0.29) is 17.7 Å². The zero-order chi connectivity index (χ0) is 25.4. The van der Waals surface area contributed by atoms with Gasteiger partial charge in [0.15, 0.2) is 0 Å². The zero-order valence-electron chi connectivity index (χ0n) is 21.2. The van der Waals surface area contributed by atoms with Gasteiger partial charge in [0, 0.05) is 43.8 Å². The first-order valence-corrected chi connectivity index (χ1v) is 13.2. The maximum Gasteiger partial charge on any atom is 0.326 e. The Bertz CT molecular complexity index is 1120. The van der Waals surface area contributed by atoms with Gasteiger partial charge in [-0.2, -0.15) is 0 Å². The molecule has 0 aromatic heterocycles. The molecule has 0 bridgehead atoms. The second kappa shape index (κ2) is 10.2. The van der Waals surface area contributed by atoms with E-state index in [0.717, 1.165) is 30.1 Å². The van der Waals surface area contributed by atoms with E-state index < -0.39 is 12.0 Å². The highest BCUT2D eigenvalue weighted by molar-refractivity contribution is 5.97. The minimum Gasteiger partial charge on any atom is -0.508 e. The van der Waals surface area contributed by atoms with E-state index >= 15 is 0 Å². The van der Waals surface area contributed by atoms with Gasteiger partial charge in [-0.3, -0.25) is 14.6 Å². The van der Waals surface area contributed by atoms with Crippen LogP contribution in [0.4, 0.5) is 0 Å². The number of amides is 1. The number of carbonyl (C=O) groups excluding carboxylic acids is 1. The molecule has 7 nitrogen and oxygen atoms in total. The molecule has 1 saturated carbocycles. The number of hydrogen-bond donors (Lipinski definition) is 2. The van der Waals surface area contributed by atoms with Crippen LogP contribution < -0.4 is 0 Å². The highest BCUT2D eigenvalue weighted by Gasteiger charge is 2.38. The Hall–Kier alpha value is -2.90. The molecule has 3 aliphatic rings. The fourth-order valence-corrected chi connectivity index (χ4v) is 6.02. The number of benzene rings is 2. The van der Waals surface area contributed by atoms with E-state index in [0.29, 0.717) is 37.0 Å². The lowest BCUT2D eigenvalue weighted by Crippen LogP contribution is -2.57. The van der Waals surface area contributed by atoms with E-state index in [9.17, 15) is 19.8 Å². The van der Waals surface area contributed by atoms with E-state index in [2.05, 4.69) is 23.6 Å². The molecule has 2 aromatic carbocycles. The minimum atomic E-state index is -0.943. The summed E-state index contributed by atoms with van der Waals surface area (Å²) in [4.78, 5) is 31.6. The van der Waals surface area contributed by atoms with Crippen molar-refractivity contribution in [2.24, 2.45) is 5.92 Å². The normalized spacial score (nSPS) is 26.2. The van der Waals surface area contributed by atoms with Crippen LogP contribution in [0, 0.1) is 5.92 Å². The Morgan fingerprint density at radius 2 is 1.69 bits per heavy atom. The van der Waals surface area contributed by atoms with Crippen molar-refractivity contribution in [2.45, 2.75) is 63.7 Å². The zero-order valence-corrected chi connectivity index (χ0v) is 21.2. The van der Waals surface area contributed by atoms with Crippen molar-refractivity contribution in [3.05, 3.63) is 65.2 Å². The lowest BCUT2D eigenvalue weighted by Gasteiger charge is -2.48. The van der Waals surface area contributed by atoms with Crippen LogP contribution in [-0.2, 0) is 4.79 Å². The van der Waals surface area contributed by atoms with Gasteiger partial charge >= 0.3 is 5.97 Å². The topological polar surface area (TPSA) is 84.3 Å². The van der Waals surface area contributed by atoms with Gasteiger partial charge < -0.3 is 15.1 Å². The summed E-state index contributed by atoms with van der Waals surface area (Å²) in [7, 11) is 0. The van der Waals surface area contributed by atoms with Gasteiger partial charge in [0.2, 0.25) is 0 Å². The monoisotopic (exact) mass is 491 g/mol. The number of phenolic OH excluding ortho intramolecular Hbond substituents is 1. The van der Waals surface area contributed by atoms with Crippen molar-refractivity contribution in [3.8, 4) is 5.75 Å². The SMILES string of the molecule is C[C@@H]1CN([C@@H](c2cccc(O)c2)c2cccc(C(=O)N3CCCC3C(=O)O)c2)[C@@H](C)CN1CC1CC1. The summed E-state index contributed by atoms with van der Waals surface area (Å²) in [5, 5.41) is 19.9. The van der Waals surface area contributed by atoms with Crippen LogP contribution in [0.15, 0.2) is 48.5 Å². The molecular weight excluding hydrogens is 454 g/mol. The third-order valence-corrected chi connectivity index (χ3v) is 8.12. The number of aliphatic carboxylic acids is 1. The molecule has 7 heteroatoms. The van der Waals surface area contributed by atoms with Gasteiger partial charge in [0.25, 0.3) is 5.91 Å². The third-order valence-electron chi connectivity index (χ3n) is 8.12. The highest BCUT2D eigenvalue weighted by Crippen LogP contribution is 2.37. The second-order valence-electron chi connectivity index (χ2n) is 10.9. The summed E-state index contributed by atoms with van der Waals surface area (Å²) in [6.45, 7) is 8.06. The lowest BCUT2D eigenvalue weighted by atomic mass is 9.92. The smallest absolute Gasteiger partial charge is 0.326 e. The van der Waals surface area contributed by atoms with Gasteiger partial charge in [-0.25, -0.2) is 4.79 Å². The summed E-state index contributed by atoms with van der Waals surface area (Å²) < 4.78 is 0. The van der Waals surface area contributed by atoms with Gasteiger partial charge in [-0.1, -0.05) is 24.3 Å². The van der Waals surface area contributed by atoms with Crippen LogP contribution >= 0.6 is 0 Å². The molecule has 2 aliphatic heterocycles. The first-order valence-electron chi connectivity index (χ1n) is 13.2. The molecule has 3 fully saturated rings. The molecule has 2 aromatic rings. The fourth-order valence-electron chi connectivity index (χ4n) is 6.02. The van der Waals surface area contributed by atoms with Crippen molar-refractivity contribution >= 4 is 11.9 Å². The second-order valence-corrected chi connectivity index (χ2v) is 10.9. The summed E-state index contributed by atoms with van der Waals surface area (Å²) in [5.41, 5.74) is 2.48. The Kier molecular flexibility index (Phi) is 7.04. The largest absolute Gasteiger partial charge is 0.508 e. The van der Waals surface area contributed by atoms with E-state index in [1.165, 1.54) is 24.3 Å². The van der Waals surface area contributed by atoms with Crippen molar-refractivity contribution in [2.75, 3.05) is 26.2 Å². The minimum absolute atomic E-state index is 0.126. The number of carboxylic acid groups (broad SMARTS) is 1. The van der Waals surface area contributed by atoms with Crippen LogP contribution in [0.25, 0.3) is 0 Å². The van der Waals surface area contributed by atoms with Gasteiger partial charge in [-0.15, -0.1) is 0 Å². The Morgan fingerprint density at radius 3 is 2.39 bits per heavy atom. The summed E-state index contributed by atoms with van der Waals surface area (Å²) >= 11 is 0. The number of phenols is 1. The van der Waals surface area contributed by atoms with Crippen molar-refractivity contribution in [1.29, 1.82) is 0 Å². The first-order chi connectivity index (χ1) is 17.3. The average molecular weight is 492 g/mol. The molecule has 2 saturated heterocycles. The van der Waals surface area contributed by atoms with Crippen molar-refractivity contribution < 1.29 is 19.8 Å². The lowest BCUT2D eigenvalue weighted by molar-refractivity contribution is -0.141. The number of carboxylic acids is 1. The van der Waals surface area contributed by atoms with E-state index in [4.69, 9.17) is 0 Å². The van der Waals surface area contributed by atoms with Crippen LogP contribution in [0.5, 0.6) is 5.75 Å². The predicted octanol–water partition coefficient (Wildman–Crippen LogP) is 3.98. The predicted molar refractivity (Wildman–Crippen MR) is 138 cm³/mol. The molecule has 1 amide bonds. The van der Waals surface area contributed by atoms with E-state index in [1.807, 2.05) is 36.4 Å². The fraction of sp³-hybridized carbons (Fsp3) is 0.517. The van der Waals surface area contributed by atoms with Crippen molar-refractivity contribution in [1.82, 2.24) is 14.7 Å². The van der Waals surface area contributed by atoms with Gasteiger partial charge in [-0.05, 0) is 80.8 Å². The maximum atomic E-state index is 13.4. The average Bonchev–Trinajstić information content (AvgIpc) is 3.53. The number of carbonyl (C=O) groups is 2. The molecule has 2 heterocycles. The number of hydrogen-bond acceptors (Lipinski definition) is 5. The molecular formula is C29H37N3O4. The third kappa shape index (κ3) is 5.13. The van der Waals surface area contributed by atoms with Gasteiger partial charge in [0.1, 0.15) is 11.8 Å². The number of piperazine rings is 1. The maximum absolute atomic E-state index is 13.4. The quantitative estimate of drug-likeness (QED) is 0.610. The van der Waals surface area contributed by atoms with Crippen LogP contribution in [0.1, 0.15) is 67.1 Å². The number of aromatic hydroxyl groups is 1. The Labute approximate surface area is 213 Å². The molecule has 2 N–H and O–H groups in total. The molecule has 0 spiro atoms. The highest BCUT2D eigenvalue weighted by atomic mass is 16.4. The van der Waals surface area contributed by atoms with Crippen LogP contribution in [0.3, 0.4) is 0 Å². The first kappa shape index (κ1) is 24.8. The molecule has 1 unspecified atom stereocenters. The van der Waals surface area contributed by atoms with Gasteiger partial charge in [0.05, 0.1) is 6.04 Å². The molecule has 0 radical (unpaired) electrons. The summed E-state index contributed by atoms with van der Waals surface area (Å²) in [6, 6.07) is 14.8. The molecule has 36 heavy (non-hydrogen) atoms. The molecule has 5 rings (SSSR count). The number of rotatable bonds is 7. The molecule has 1 aliphatic carbocycles. The summed E-state index contributed by atoms with van der Waals surface area (Å²) in [6.07, 6.45) is 3.88. The molecule has 192 valence electrons. The van der Waals surface area contributed by atoms with Crippen LogP contribution in [0.2, 0.25) is 0 Å². The number of likely N-dealkylation sites (tertiary alicyclic amines) is 1. The molecule has 4 atom stereocenters. The van der Waals surface area contributed by atoms with Crippen molar-refractivity contribution in [3.63, 3.8) is 0 Å². The van der Waals surface area contributed by atoms with E-state index in [1.54, 1.807) is 12.1 Å².